The van der Waals surface area contributed by atoms with E-state index in [-0.39, 0.29) is 17.6 Å². The van der Waals surface area contributed by atoms with Crippen LogP contribution in [0.1, 0.15) is 51.5 Å². The molecule has 2 heteroatoms. The predicted molar refractivity (Wildman–Crippen MR) is 78.3 cm³/mol. The SMILES string of the molecule is CC(C)OCCC(O)C1(c2ccccc2)CCCC1. The van der Waals surface area contributed by atoms with E-state index >= 15 is 0 Å². The third-order valence-corrected chi connectivity index (χ3v) is 4.32. The van der Waals surface area contributed by atoms with Crippen molar-refractivity contribution in [2.45, 2.75) is 63.6 Å². The van der Waals surface area contributed by atoms with Crippen molar-refractivity contribution in [3.05, 3.63) is 35.9 Å². The fourth-order valence-corrected chi connectivity index (χ4v) is 3.28. The number of aliphatic hydroxyl groups is 1. The fraction of sp³-hybridized carbons (Fsp3) is 0.647. The van der Waals surface area contributed by atoms with Gasteiger partial charge in [-0.1, -0.05) is 43.2 Å². The third kappa shape index (κ3) is 3.37. The van der Waals surface area contributed by atoms with Crippen LogP contribution in [0.3, 0.4) is 0 Å². The van der Waals surface area contributed by atoms with Crippen LogP contribution in [0, 0.1) is 0 Å². The van der Waals surface area contributed by atoms with Gasteiger partial charge in [0.15, 0.2) is 0 Å². The summed E-state index contributed by atoms with van der Waals surface area (Å²) in [5.74, 6) is 0. The quantitative estimate of drug-likeness (QED) is 0.847. The zero-order valence-corrected chi connectivity index (χ0v) is 12.1. The van der Waals surface area contributed by atoms with E-state index in [1.54, 1.807) is 0 Å². The van der Waals surface area contributed by atoms with Crippen LogP contribution < -0.4 is 0 Å². The van der Waals surface area contributed by atoms with Crippen molar-refractivity contribution >= 4 is 0 Å². The zero-order chi connectivity index (χ0) is 13.7. The van der Waals surface area contributed by atoms with Gasteiger partial charge in [0.1, 0.15) is 0 Å². The van der Waals surface area contributed by atoms with Gasteiger partial charge in [0.05, 0.1) is 12.2 Å². The molecule has 0 aliphatic heterocycles. The van der Waals surface area contributed by atoms with Crippen molar-refractivity contribution in [2.24, 2.45) is 0 Å². The van der Waals surface area contributed by atoms with E-state index in [0.29, 0.717) is 6.61 Å². The summed E-state index contributed by atoms with van der Waals surface area (Å²) in [6.07, 6.45) is 5.31. The number of hydrogen-bond donors (Lipinski definition) is 1. The van der Waals surface area contributed by atoms with E-state index in [0.717, 1.165) is 19.3 Å². The lowest BCUT2D eigenvalue weighted by atomic mass is 9.73. The Hall–Kier alpha value is -0.860. The Morgan fingerprint density at radius 3 is 2.37 bits per heavy atom. The molecule has 1 aliphatic carbocycles. The minimum absolute atomic E-state index is 0.0401. The highest BCUT2D eigenvalue weighted by Crippen LogP contribution is 2.44. The monoisotopic (exact) mass is 262 g/mol. The molecule has 1 N–H and O–H groups in total. The van der Waals surface area contributed by atoms with Crippen LogP contribution in [0.4, 0.5) is 0 Å². The summed E-state index contributed by atoms with van der Waals surface area (Å²) in [5, 5.41) is 10.7. The molecule has 0 radical (unpaired) electrons. The van der Waals surface area contributed by atoms with Gasteiger partial charge in [-0.25, -0.2) is 0 Å². The number of benzene rings is 1. The molecule has 1 fully saturated rings. The van der Waals surface area contributed by atoms with E-state index in [1.165, 1.54) is 18.4 Å². The second-order valence-electron chi connectivity index (χ2n) is 5.95. The Kier molecular flexibility index (Phi) is 5.00. The average Bonchev–Trinajstić information content (AvgIpc) is 2.90. The maximum absolute atomic E-state index is 10.7. The van der Waals surface area contributed by atoms with Crippen molar-refractivity contribution in [2.75, 3.05) is 6.61 Å². The van der Waals surface area contributed by atoms with Crippen LogP contribution in [0.15, 0.2) is 30.3 Å². The molecule has 19 heavy (non-hydrogen) atoms. The van der Waals surface area contributed by atoms with Crippen molar-refractivity contribution in [1.82, 2.24) is 0 Å². The Labute approximate surface area is 116 Å². The molecule has 1 unspecified atom stereocenters. The lowest BCUT2D eigenvalue weighted by Crippen LogP contribution is -2.38. The maximum atomic E-state index is 10.7. The molecule has 1 saturated carbocycles. The molecule has 0 amide bonds. The van der Waals surface area contributed by atoms with Crippen LogP contribution in [0.25, 0.3) is 0 Å². The van der Waals surface area contributed by atoms with Gasteiger partial charge in [-0.15, -0.1) is 0 Å². The highest BCUT2D eigenvalue weighted by Gasteiger charge is 2.41. The standard InChI is InChI=1S/C17H26O2/c1-14(2)19-13-10-16(18)17(11-6-7-12-17)15-8-4-3-5-9-15/h3-5,8-9,14,16,18H,6-7,10-13H2,1-2H3. The van der Waals surface area contributed by atoms with Crippen molar-refractivity contribution in [1.29, 1.82) is 0 Å². The number of rotatable bonds is 6. The van der Waals surface area contributed by atoms with E-state index < -0.39 is 0 Å². The van der Waals surface area contributed by atoms with E-state index in [2.05, 4.69) is 24.3 Å². The summed E-state index contributed by atoms with van der Waals surface area (Å²) in [6.45, 7) is 4.72. The number of hydrogen-bond acceptors (Lipinski definition) is 2. The molecule has 1 aromatic carbocycles. The second-order valence-corrected chi connectivity index (χ2v) is 5.95. The van der Waals surface area contributed by atoms with Crippen molar-refractivity contribution in [3.8, 4) is 0 Å². The van der Waals surface area contributed by atoms with Gasteiger partial charge < -0.3 is 9.84 Å². The first kappa shape index (κ1) is 14.5. The van der Waals surface area contributed by atoms with E-state index in [1.807, 2.05) is 19.9 Å². The Morgan fingerprint density at radius 2 is 1.79 bits per heavy atom. The number of ether oxygens (including phenoxy) is 1. The molecule has 1 aromatic rings. The van der Waals surface area contributed by atoms with Crippen LogP contribution in [0.2, 0.25) is 0 Å². The topological polar surface area (TPSA) is 29.5 Å². The first-order chi connectivity index (χ1) is 9.15. The molecule has 106 valence electrons. The first-order valence-electron chi connectivity index (χ1n) is 7.50. The smallest absolute Gasteiger partial charge is 0.0658 e. The summed E-state index contributed by atoms with van der Waals surface area (Å²) in [6, 6.07) is 10.5. The summed E-state index contributed by atoms with van der Waals surface area (Å²) in [4.78, 5) is 0. The Balaban J connectivity index is 2.07. The fourth-order valence-electron chi connectivity index (χ4n) is 3.28. The van der Waals surface area contributed by atoms with Gasteiger partial charge in [-0.05, 0) is 38.7 Å². The lowest BCUT2D eigenvalue weighted by Gasteiger charge is -2.35. The summed E-state index contributed by atoms with van der Waals surface area (Å²) < 4.78 is 5.59. The maximum Gasteiger partial charge on any atom is 0.0658 e. The highest BCUT2D eigenvalue weighted by molar-refractivity contribution is 5.28. The second kappa shape index (κ2) is 6.53. The lowest BCUT2D eigenvalue weighted by molar-refractivity contribution is 0.0169. The number of aliphatic hydroxyl groups excluding tert-OH is 1. The average molecular weight is 262 g/mol. The summed E-state index contributed by atoms with van der Waals surface area (Å²) in [7, 11) is 0. The molecule has 1 atom stereocenters. The minimum atomic E-state index is -0.295. The Bertz CT molecular complexity index is 366. The van der Waals surface area contributed by atoms with E-state index in [4.69, 9.17) is 4.74 Å². The third-order valence-electron chi connectivity index (χ3n) is 4.32. The highest BCUT2D eigenvalue weighted by atomic mass is 16.5. The largest absolute Gasteiger partial charge is 0.392 e. The zero-order valence-electron chi connectivity index (χ0n) is 12.1. The van der Waals surface area contributed by atoms with Crippen LogP contribution >= 0.6 is 0 Å². The van der Waals surface area contributed by atoms with Gasteiger partial charge in [0.2, 0.25) is 0 Å². The molecule has 1 aliphatic rings. The predicted octanol–water partition coefficient (Wildman–Crippen LogP) is 3.67. The summed E-state index contributed by atoms with van der Waals surface area (Å²) >= 11 is 0. The van der Waals surface area contributed by atoms with Gasteiger partial charge in [-0.3, -0.25) is 0 Å². The van der Waals surface area contributed by atoms with Gasteiger partial charge in [0.25, 0.3) is 0 Å². The molecular weight excluding hydrogens is 236 g/mol. The van der Waals surface area contributed by atoms with Gasteiger partial charge in [-0.2, -0.15) is 0 Å². The summed E-state index contributed by atoms with van der Waals surface area (Å²) in [5.41, 5.74) is 1.26. The normalized spacial score (nSPS) is 19.8. The Morgan fingerprint density at radius 1 is 1.16 bits per heavy atom. The van der Waals surface area contributed by atoms with Gasteiger partial charge >= 0.3 is 0 Å². The molecule has 2 rings (SSSR count). The molecule has 0 spiro atoms. The molecule has 0 bridgehead atoms. The van der Waals surface area contributed by atoms with Crippen molar-refractivity contribution in [3.63, 3.8) is 0 Å². The van der Waals surface area contributed by atoms with Crippen LogP contribution in [-0.4, -0.2) is 23.9 Å². The van der Waals surface area contributed by atoms with Crippen molar-refractivity contribution < 1.29 is 9.84 Å². The molecule has 2 nitrogen and oxygen atoms in total. The molecular formula is C17H26O2. The van der Waals surface area contributed by atoms with E-state index in [9.17, 15) is 5.11 Å². The molecule has 0 aromatic heterocycles. The molecule has 0 saturated heterocycles. The van der Waals surface area contributed by atoms with Gasteiger partial charge in [0, 0.05) is 12.0 Å². The molecule has 0 heterocycles. The minimum Gasteiger partial charge on any atom is -0.392 e. The van der Waals surface area contributed by atoms with Crippen LogP contribution in [0.5, 0.6) is 0 Å². The first-order valence-corrected chi connectivity index (χ1v) is 7.50. The van der Waals surface area contributed by atoms with Crippen LogP contribution in [-0.2, 0) is 10.2 Å².